The zero-order valence-corrected chi connectivity index (χ0v) is 37.1. The van der Waals surface area contributed by atoms with Gasteiger partial charge in [-0.1, -0.05) is 132 Å². The summed E-state index contributed by atoms with van der Waals surface area (Å²) in [6, 6.07) is 41.3. The summed E-state index contributed by atoms with van der Waals surface area (Å²) in [6.45, 7) is 13.6. The van der Waals surface area contributed by atoms with Gasteiger partial charge < -0.3 is 24.8 Å². The number of benzene rings is 4. The van der Waals surface area contributed by atoms with Gasteiger partial charge in [0.2, 0.25) is 0 Å². The molecule has 0 N–H and O–H groups in total. The van der Waals surface area contributed by atoms with Gasteiger partial charge in [-0.25, -0.2) is 0 Å². The van der Waals surface area contributed by atoms with E-state index in [0.29, 0.717) is 0 Å². The average molecular weight is 823 g/mol. The minimum Gasteiger partial charge on any atom is -1.00 e. The summed E-state index contributed by atoms with van der Waals surface area (Å²) in [4.78, 5) is 0. The molecule has 0 saturated heterocycles. The summed E-state index contributed by atoms with van der Waals surface area (Å²) in [5, 5.41) is 5.55. The fourth-order valence-corrected chi connectivity index (χ4v) is 8.16. The molecule has 0 nitrogen and oxygen atoms in total. The molecule has 8 rings (SSSR count). The van der Waals surface area contributed by atoms with E-state index in [-0.39, 0.29) is 35.7 Å². The quantitative estimate of drug-likeness (QED) is 0.124. The molecule has 2 aliphatic carbocycles. The molecule has 6 aromatic carbocycles. The van der Waals surface area contributed by atoms with E-state index in [1.165, 1.54) is 118 Å². The minimum absolute atomic E-state index is 0. The predicted octanol–water partition coefficient (Wildman–Crippen LogP) is 8.55. The van der Waals surface area contributed by atoms with Gasteiger partial charge in [0, 0.05) is 0 Å². The standard InChI is InChI=1S/C24H27.C22H23.C2H6Si.2ClH.Zr/c1-24(2,3)21-13-11-18(12-14-21)22-10-6-9-19-15-20(16-23(19)22)17-7-4-5-8-17;1-16-14-20-8-5-9-21(22(20)15-16)19-12-10-18(11-13-19)17-6-3-2-4-7-17;1-3-2;;;/h6,9-17H,4-5,7-8H2,1-3H3;5,8-15,17H,2-4,6-7H2,1H3;1-2H3;2*1H;/q2*-1;;;;+2/p-2. The number of fused-ring (bicyclic) bond motifs is 2. The van der Waals surface area contributed by atoms with E-state index in [4.69, 9.17) is 0 Å². The third kappa shape index (κ3) is 10.7. The van der Waals surface area contributed by atoms with Crippen LogP contribution in [0.2, 0.25) is 13.1 Å². The van der Waals surface area contributed by atoms with Gasteiger partial charge in [0.05, 0.1) is 0 Å². The van der Waals surface area contributed by atoms with Gasteiger partial charge in [-0.15, -0.1) is 69.1 Å². The topological polar surface area (TPSA) is 0 Å². The number of rotatable bonds is 4. The third-order valence-corrected chi connectivity index (χ3v) is 10.9. The van der Waals surface area contributed by atoms with Gasteiger partial charge in [-0.2, -0.15) is 12.1 Å². The summed E-state index contributed by atoms with van der Waals surface area (Å²) < 4.78 is 0. The first kappa shape index (κ1) is 42.5. The summed E-state index contributed by atoms with van der Waals surface area (Å²) >= 11 is 1.74. The molecule has 2 fully saturated rings. The fourth-order valence-electron chi connectivity index (χ4n) is 8.16. The largest absolute Gasteiger partial charge is 1.00 e. The first-order valence-electron chi connectivity index (χ1n) is 19.2. The minimum atomic E-state index is 0. The molecule has 0 aliphatic heterocycles. The summed E-state index contributed by atoms with van der Waals surface area (Å²) in [6.07, 6.45) is 12.5. The fraction of sp³-hybridized carbons (Fsp3) is 0.375. The molecule has 2 saturated carbocycles. The van der Waals surface area contributed by atoms with Crippen LogP contribution < -0.4 is 24.8 Å². The Morgan fingerprint density at radius 1 is 0.596 bits per heavy atom. The molecule has 0 bridgehead atoms. The molecule has 6 aromatic rings. The Morgan fingerprint density at radius 3 is 1.60 bits per heavy atom. The third-order valence-electron chi connectivity index (χ3n) is 10.9. The van der Waals surface area contributed by atoms with Gasteiger partial charge in [0.25, 0.3) is 0 Å². The number of aryl methyl sites for hydroxylation is 1. The van der Waals surface area contributed by atoms with E-state index in [0.717, 1.165) is 11.8 Å². The molecule has 0 atom stereocenters. The first-order valence-corrected chi connectivity index (χ1v) is 25.3. The van der Waals surface area contributed by atoms with Crippen molar-refractivity contribution in [2.75, 3.05) is 0 Å². The molecule has 0 spiro atoms. The molecule has 4 heteroatoms. The van der Waals surface area contributed by atoms with Crippen LogP contribution in [0.5, 0.6) is 0 Å². The molecule has 52 heavy (non-hydrogen) atoms. The van der Waals surface area contributed by atoms with Crippen LogP contribution in [0.15, 0.2) is 109 Å². The van der Waals surface area contributed by atoms with Crippen LogP contribution in [0, 0.1) is 6.92 Å². The van der Waals surface area contributed by atoms with Gasteiger partial charge in [0.1, 0.15) is 0 Å². The Balaban J connectivity index is 0.000000205. The van der Waals surface area contributed by atoms with Gasteiger partial charge in [-0.05, 0) is 65.2 Å². The van der Waals surface area contributed by atoms with E-state index in [1.807, 2.05) is 0 Å². The van der Waals surface area contributed by atoms with E-state index in [9.17, 15) is 0 Å². The van der Waals surface area contributed by atoms with Gasteiger partial charge in [0.15, 0.2) is 0 Å². The number of hydrogen-bond donors (Lipinski definition) is 0. The maximum atomic E-state index is 2.46. The second kappa shape index (κ2) is 19.4. The van der Waals surface area contributed by atoms with Crippen molar-refractivity contribution in [3.63, 3.8) is 0 Å². The molecule has 0 unspecified atom stereocenters. The molecule has 0 radical (unpaired) electrons. The van der Waals surface area contributed by atoms with Crippen LogP contribution in [-0.2, 0) is 28.8 Å². The molecule has 272 valence electrons. The van der Waals surface area contributed by atoms with Crippen LogP contribution in [0.1, 0.15) is 113 Å². The van der Waals surface area contributed by atoms with Crippen LogP contribution in [0.25, 0.3) is 43.8 Å². The Hall–Kier alpha value is -2.22. The van der Waals surface area contributed by atoms with E-state index in [2.05, 4.69) is 150 Å². The summed E-state index contributed by atoms with van der Waals surface area (Å²) in [5.41, 5.74) is 11.7. The zero-order valence-electron chi connectivity index (χ0n) is 32.2. The van der Waals surface area contributed by atoms with Crippen LogP contribution >= 0.6 is 0 Å². The normalized spacial score (nSPS) is 14.8. The average Bonchev–Trinajstić information content (AvgIpc) is 3.88. The van der Waals surface area contributed by atoms with Gasteiger partial charge in [-0.3, -0.25) is 0 Å². The SMILES string of the molecule is CC(C)(C)c1ccc(-c2cccc3[cH-]c(C4CCCC4)cc23)cc1.C[Si](C)=[Zr+2].Cc1cc2c(-c3ccc(C4CCCCC4)cc3)cccc2[cH-]1.[Cl-].[Cl-]. The van der Waals surface area contributed by atoms with Crippen molar-refractivity contribution in [2.24, 2.45) is 0 Å². The second-order valence-electron chi connectivity index (χ2n) is 16.2. The van der Waals surface area contributed by atoms with Crippen LogP contribution in [-0.4, -0.2) is 5.43 Å². The van der Waals surface area contributed by atoms with Crippen molar-refractivity contribution in [3.8, 4) is 22.3 Å². The molecular weight excluding hydrogens is 767 g/mol. The monoisotopic (exact) mass is 820 g/mol. The maximum Gasteiger partial charge on any atom is -0.0162 e. The molecular formula is C48H56Cl2SiZr-2. The van der Waals surface area contributed by atoms with E-state index >= 15 is 0 Å². The molecule has 2 aliphatic rings. The summed E-state index contributed by atoms with van der Waals surface area (Å²) in [5.74, 6) is 1.58. The van der Waals surface area contributed by atoms with E-state index in [1.54, 1.807) is 28.9 Å². The van der Waals surface area contributed by atoms with Crippen molar-refractivity contribution in [1.29, 1.82) is 0 Å². The van der Waals surface area contributed by atoms with Crippen LogP contribution in [0.4, 0.5) is 0 Å². The van der Waals surface area contributed by atoms with E-state index < -0.39 is 0 Å². The molecule has 0 aromatic heterocycles. The Morgan fingerprint density at radius 2 is 1.06 bits per heavy atom. The van der Waals surface area contributed by atoms with Crippen molar-refractivity contribution in [3.05, 3.63) is 131 Å². The maximum absolute atomic E-state index is 2.46. The predicted molar refractivity (Wildman–Crippen MR) is 218 cm³/mol. The zero-order chi connectivity index (χ0) is 35.3. The van der Waals surface area contributed by atoms with Crippen molar-refractivity contribution in [1.82, 2.24) is 0 Å². The molecule has 0 heterocycles. The van der Waals surface area contributed by atoms with Crippen molar-refractivity contribution >= 4 is 27.0 Å². The van der Waals surface area contributed by atoms with Gasteiger partial charge >= 0.3 is 41.9 Å². The first-order chi connectivity index (χ1) is 24.1. The molecule has 0 amide bonds. The Labute approximate surface area is 342 Å². The smallest absolute Gasteiger partial charge is 0.0162 e. The Bertz CT molecular complexity index is 2010. The second-order valence-corrected chi connectivity index (χ2v) is 25.6. The van der Waals surface area contributed by atoms with Crippen molar-refractivity contribution < 1.29 is 48.1 Å². The number of hydrogen-bond acceptors (Lipinski definition) is 0. The Kier molecular flexibility index (Phi) is 15.9. The number of halogens is 2. The van der Waals surface area contributed by atoms with Crippen LogP contribution in [0.3, 0.4) is 0 Å². The summed E-state index contributed by atoms with van der Waals surface area (Å²) in [7, 11) is 0. The van der Waals surface area contributed by atoms with Crippen molar-refractivity contribution in [2.45, 2.75) is 116 Å².